The monoisotopic (exact) mass is 1050 g/mol. The molecule has 0 unspecified atom stereocenters. The number of hydrogen-bond donors (Lipinski definition) is 0. The van der Waals surface area contributed by atoms with E-state index in [-0.39, 0.29) is 16.2 Å². The maximum absolute atomic E-state index is 2.43. The van der Waals surface area contributed by atoms with Crippen molar-refractivity contribution in [3.63, 3.8) is 0 Å². The van der Waals surface area contributed by atoms with E-state index in [0.717, 1.165) is 11.4 Å². The van der Waals surface area contributed by atoms with Gasteiger partial charge in [0, 0.05) is 50.4 Å². The lowest BCUT2D eigenvalue weighted by Crippen LogP contribution is -2.17. The molecule has 0 atom stereocenters. The van der Waals surface area contributed by atoms with E-state index in [1.165, 1.54) is 145 Å². The van der Waals surface area contributed by atoms with Gasteiger partial charge in [-0.1, -0.05) is 198 Å². The van der Waals surface area contributed by atoms with Gasteiger partial charge in [0.05, 0.1) is 0 Å². The molecule has 398 valence electrons. The summed E-state index contributed by atoms with van der Waals surface area (Å²) in [4.78, 5) is 4.83. The van der Waals surface area contributed by atoms with Gasteiger partial charge >= 0.3 is 0 Å². The van der Waals surface area contributed by atoms with Gasteiger partial charge < -0.3 is 9.80 Å². The standard InChI is InChI=1S/C79H72N2/c1-49-13-25-59(26-14-49)80(63-39-51(3)37-52(4)40-63)61-29-35-69-67-33-23-57(45-73(67)78(9,10)75(69)47-61)19-17-55-21-31-65-66-32-22-56(44-72(66)77(7,8)71(65)43-55)18-20-58-24-34-68-70-36-30-62(48-76(70)79(11,12)74(68)46-58)81(60-27-15-50(2)16-28-60)64-41-53(5)38-54(6)42-64/h13-48H,1-12H3. The molecule has 0 fully saturated rings. The van der Waals surface area contributed by atoms with Crippen LogP contribution in [0.2, 0.25) is 0 Å². The number of benzene rings is 10. The highest BCUT2D eigenvalue weighted by Gasteiger charge is 2.39. The van der Waals surface area contributed by atoms with Gasteiger partial charge in [0.25, 0.3) is 0 Å². The smallest absolute Gasteiger partial charge is 0.0466 e. The largest absolute Gasteiger partial charge is 0.310 e. The SMILES string of the molecule is Cc1ccc(N(c2cc(C)cc(C)c2)c2ccc3c(c2)C(C)(C)c2cc(C=Cc4ccc5c(c4)C(C)(C)c4cc(C=Cc6ccc7c(c6)C(C)(C)c6cc(N(c8ccc(C)cc8)c8cc(C)cc(C)c8)ccc6-7)ccc4-5)ccc2-3)cc1. The van der Waals surface area contributed by atoms with Crippen molar-refractivity contribution >= 4 is 58.4 Å². The Bertz CT molecular complexity index is 3940. The molecule has 10 aromatic carbocycles. The fourth-order valence-electron chi connectivity index (χ4n) is 13.8. The molecular weight excluding hydrogens is 977 g/mol. The van der Waals surface area contributed by atoms with Crippen LogP contribution in [0.25, 0.3) is 57.7 Å². The van der Waals surface area contributed by atoms with Crippen LogP contribution in [0.4, 0.5) is 34.1 Å². The molecule has 2 nitrogen and oxygen atoms in total. The Hall–Kier alpha value is -8.72. The zero-order chi connectivity index (χ0) is 56.3. The average Bonchev–Trinajstić information content (AvgIpc) is 4.12. The minimum atomic E-state index is -0.174. The Morgan fingerprint density at radius 1 is 0.222 bits per heavy atom. The summed E-state index contributed by atoms with van der Waals surface area (Å²) in [5, 5.41) is 0. The molecule has 10 aromatic rings. The molecule has 0 saturated heterocycles. The van der Waals surface area contributed by atoms with Crippen LogP contribution in [0.15, 0.2) is 194 Å². The van der Waals surface area contributed by atoms with Crippen molar-refractivity contribution in [2.45, 2.75) is 99.3 Å². The lowest BCUT2D eigenvalue weighted by Gasteiger charge is -2.28. The van der Waals surface area contributed by atoms with Crippen LogP contribution in [0.1, 0.15) is 131 Å². The summed E-state index contributed by atoms with van der Waals surface area (Å²) in [6, 6.07) is 73.9. The third kappa shape index (κ3) is 8.97. The Balaban J connectivity index is 0.733. The first kappa shape index (κ1) is 51.7. The zero-order valence-corrected chi connectivity index (χ0v) is 49.2. The first-order valence-corrected chi connectivity index (χ1v) is 28.9. The van der Waals surface area contributed by atoms with Gasteiger partial charge in [-0.3, -0.25) is 0 Å². The van der Waals surface area contributed by atoms with E-state index < -0.39 is 0 Å². The molecule has 0 N–H and O–H groups in total. The average molecular weight is 1050 g/mol. The van der Waals surface area contributed by atoms with E-state index in [1.807, 2.05) is 0 Å². The van der Waals surface area contributed by atoms with Crippen LogP contribution >= 0.6 is 0 Å². The molecule has 2 heteroatoms. The second-order valence-corrected chi connectivity index (χ2v) is 25.3. The summed E-state index contributed by atoms with van der Waals surface area (Å²) in [5.74, 6) is 0. The molecule has 3 aliphatic carbocycles. The molecule has 13 rings (SSSR count). The van der Waals surface area contributed by atoms with Crippen molar-refractivity contribution < 1.29 is 0 Å². The Kier molecular flexibility index (Phi) is 12.3. The molecule has 0 aliphatic heterocycles. The van der Waals surface area contributed by atoms with Crippen LogP contribution < -0.4 is 9.80 Å². The Labute approximate surface area is 481 Å². The van der Waals surface area contributed by atoms with Crippen molar-refractivity contribution in [1.82, 2.24) is 0 Å². The van der Waals surface area contributed by atoms with Crippen molar-refractivity contribution in [2.75, 3.05) is 9.80 Å². The number of anilines is 6. The number of hydrogen-bond acceptors (Lipinski definition) is 2. The van der Waals surface area contributed by atoms with Crippen molar-refractivity contribution in [1.29, 1.82) is 0 Å². The maximum atomic E-state index is 2.43. The summed E-state index contributed by atoms with van der Waals surface area (Å²) >= 11 is 0. The summed E-state index contributed by atoms with van der Waals surface area (Å²) in [5.41, 5.74) is 35.1. The summed E-state index contributed by atoms with van der Waals surface area (Å²) in [7, 11) is 0. The lowest BCUT2D eigenvalue weighted by atomic mass is 9.81. The van der Waals surface area contributed by atoms with Gasteiger partial charge in [-0.05, 0) is 226 Å². The molecule has 0 radical (unpaired) electrons. The number of aryl methyl sites for hydroxylation is 6. The van der Waals surface area contributed by atoms with Gasteiger partial charge in [-0.15, -0.1) is 0 Å². The normalized spacial score (nSPS) is 14.6. The number of nitrogens with zero attached hydrogens (tertiary/aromatic N) is 2. The third-order valence-electron chi connectivity index (χ3n) is 18.1. The second-order valence-electron chi connectivity index (χ2n) is 25.3. The molecule has 0 bridgehead atoms. The highest BCUT2D eigenvalue weighted by Crippen LogP contribution is 2.54. The van der Waals surface area contributed by atoms with E-state index in [4.69, 9.17) is 0 Å². The molecule has 0 spiro atoms. The van der Waals surface area contributed by atoms with Crippen LogP contribution in [-0.4, -0.2) is 0 Å². The zero-order valence-electron chi connectivity index (χ0n) is 49.2. The van der Waals surface area contributed by atoms with E-state index in [2.05, 4.69) is 311 Å². The van der Waals surface area contributed by atoms with E-state index in [0.29, 0.717) is 0 Å². The van der Waals surface area contributed by atoms with Crippen LogP contribution in [0.5, 0.6) is 0 Å². The van der Waals surface area contributed by atoms with Gasteiger partial charge in [0.1, 0.15) is 0 Å². The molecule has 0 saturated carbocycles. The second kappa shape index (κ2) is 19.2. The first-order chi connectivity index (χ1) is 38.8. The highest BCUT2D eigenvalue weighted by molar-refractivity contribution is 5.90. The molecular formula is C79H72N2. The van der Waals surface area contributed by atoms with E-state index >= 15 is 0 Å². The van der Waals surface area contributed by atoms with E-state index in [9.17, 15) is 0 Å². The van der Waals surface area contributed by atoms with Crippen molar-refractivity contribution in [2.24, 2.45) is 0 Å². The molecule has 0 heterocycles. The molecule has 81 heavy (non-hydrogen) atoms. The third-order valence-corrected chi connectivity index (χ3v) is 18.1. The summed E-state index contributed by atoms with van der Waals surface area (Å²) in [6.07, 6.45) is 9.20. The lowest BCUT2D eigenvalue weighted by molar-refractivity contribution is 0.660. The van der Waals surface area contributed by atoms with Crippen LogP contribution in [-0.2, 0) is 16.2 Å². The number of rotatable bonds is 10. The van der Waals surface area contributed by atoms with Crippen LogP contribution in [0, 0.1) is 41.5 Å². The highest BCUT2D eigenvalue weighted by atomic mass is 15.1. The van der Waals surface area contributed by atoms with E-state index in [1.54, 1.807) is 0 Å². The summed E-state index contributed by atoms with van der Waals surface area (Å²) in [6.45, 7) is 27.4. The first-order valence-electron chi connectivity index (χ1n) is 28.9. The minimum Gasteiger partial charge on any atom is -0.310 e. The minimum absolute atomic E-state index is 0.150. The molecule has 3 aliphatic rings. The van der Waals surface area contributed by atoms with Crippen molar-refractivity contribution in [3.05, 3.63) is 283 Å². The Morgan fingerprint density at radius 3 is 0.728 bits per heavy atom. The van der Waals surface area contributed by atoms with Crippen LogP contribution in [0.3, 0.4) is 0 Å². The quantitative estimate of drug-likeness (QED) is 0.126. The predicted octanol–water partition coefficient (Wildman–Crippen LogP) is 21.7. The fraction of sp³-hybridized carbons (Fsp3) is 0.190. The van der Waals surface area contributed by atoms with Crippen molar-refractivity contribution in [3.8, 4) is 33.4 Å². The van der Waals surface area contributed by atoms with Gasteiger partial charge in [-0.25, -0.2) is 0 Å². The predicted molar refractivity (Wildman–Crippen MR) is 348 cm³/mol. The Morgan fingerprint density at radius 2 is 0.457 bits per heavy atom. The van der Waals surface area contributed by atoms with Gasteiger partial charge in [-0.2, -0.15) is 0 Å². The molecule has 0 amide bonds. The van der Waals surface area contributed by atoms with Gasteiger partial charge in [0.15, 0.2) is 0 Å². The summed E-state index contributed by atoms with van der Waals surface area (Å²) < 4.78 is 0. The fourth-order valence-corrected chi connectivity index (χ4v) is 13.8. The molecule has 0 aromatic heterocycles. The maximum Gasteiger partial charge on any atom is 0.0466 e. The topological polar surface area (TPSA) is 6.48 Å². The van der Waals surface area contributed by atoms with Gasteiger partial charge in [0.2, 0.25) is 0 Å². The number of fused-ring (bicyclic) bond motifs is 9.